The van der Waals surface area contributed by atoms with E-state index in [9.17, 15) is 9.90 Å². The molecule has 0 amide bonds. The molecule has 0 spiro atoms. The van der Waals surface area contributed by atoms with E-state index in [1.165, 1.54) is 4.88 Å². The normalized spacial score (nSPS) is 12.2. The van der Waals surface area contributed by atoms with E-state index in [0.717, 1.165) is 5.82 Å². The summed E-state index contributed by atoms with van der Waals surface area (Å²) in [6, 6.07) is 13.0. The number of fused-ring (bicyclic) bond motifs is 1. The summed E-state index contributed by atoms with van der Waals surface area (Å²) in [6.07, 6.45) is 0. The van der Waals surface area contributed by atoms with Gasteiger partial charge in [-0.25, -0.2) is 9.78 Å². The number of anilines is 1. The van der Waals surface area contributed by atoms with Gasteiger partial charge in [0.2, 0.25) is 0 Å². The van der Waals surface area contributed by atoms with Crippen LogP contribution >= 0.6 is 11.3 Å². The number of nitrogens with zero attached hydrogens (tertiary/aromatic N) is 1. The highest BCUT2D eigenvalue weighted by atomic mass is 32.1. The topological polar surface area (TPSA) is 62.2 Å². The summed E-state index contributed by atoms with van der Waals surface area (Å²) in [5.74, 6) is -0.194. The van der Waals surface area contributed by atoms with E-state index in [-0.39, 0.29) is 11.6 Å². The fourth-order valence-electron chi connectivity index (χ4n) is 2.25. The predicted octanol–water partition coefficient (Wildman–Crippen LogP) is 4.17. The summed E-state index contributed by atoms with van der Waals surface area (Å²) >= 11 is 1.69. The second kappa shape index (κ2) is 5.54. The van der Waals surface area contributed by atoms with Crippen LogP contribution in [0.15, 0.2) is 47.8 Å². The van der Waals surface area contributed by atoms with Crippen molar-refractivity contribution in [3.8, 4) is 0 Å². The molecule has 0 fully saturated rings. The highest BCUT2D eigenvalue weighted by molar-refractivity contribution is 7.10. The number of carbonyl (C=O) groups is 1. The SMILES string of the molecule is CC(Nc1ccc2c(C(=O)O)cccc2n1)c1cccs1. The lowest BCUT2D eigenvalue weighted by atomic mass is 10.1. The molecule has 0 aliphatic rings. The van der Waals surface area contributed by atoms with Crippen LogP contribution in [-0.4, -0.2) is 16.1 Å². The van der Waals surface area contributed by atoms with Gasteiger partial charge in [0.25, 0.3) is 0 Å². The van der Waals surface area contributed by atoms with Crippen molar-refractivity contribution in [2.24, 2.45) is 0 Å². The lowest BCUT2D eigenvalue weighted by Crippen LogP contribution is -2.06. The molecule has 4 nitrogen and oxygen atoms in total. The Labute approximate surface area is 126 Å². The number of nitrogens with one attached hydrogen (secondary N) is 1. The first-order valence-electron chi connectivity index (χ1n) is 6.58. The molecule has 3 aromatic rings. The van der Waals surface area contributed by atoms with Crippen molar-refractivity contribution in [2.45, 2.75) is 13.0 Å². The Kier molecular flexibility index (Phi) is 3.58. The van der Waals surface area contributed by atoms with Crippen LogP contribution in [0, 0.1) is 0 Å². The molecule has 2 heterocycles. The van der Waals surface area contributed by atoms with Crippen molar-refractivity contribution in [1.82, 2.24) is 4.98 Å². The van der Waals surface area contributed by atoms with Crippen LogP contribution in [0.25, 0.3) is 10.9 Å². The molecule has 0 radical (unpaired) electrons. The van der Waals surface area contributed by atoms with Crippen molar-refractivity contribution in [1.29, 1.82) is 0 Å². The summed E-state index contributed by atoms with van der Waals surface area (Å²) < 4.78 is 0. The van der Waals surface area contributed by atoms with Crippen LogP contribution in [0.2, 0.25) is 0 Å². The van der Waals surface area contributed by atoms with Gasteiger partial charge in [0.15, 0.2) is 0 Å². The van der Waals surface area contributed by atoms with Crippen LogP contribution in [0.5, 0.6) is 0 Å². The molecule has 3 rings (SSSR count). The number of aromatic carboxylic acids is 1. The molecule has 21 heavy (non-hydrogen) atoms. The summed E-state index contributed by atoms with van der Waals surface area (Å²) in [5, 5.41) is 15.2. The zero-order valence-electron chi connectivity index (χ0n) is 11.4. The maximum atomic E-state index is 11.2. The summed E-state index contributed by atoms with van der Waals surface area (Å²) in [6.45, 7) is 2.07. The number of carboxylic acids is 1. The maximum absolute atomic E-state index is 11.2. The molecule has 0 bridgehead atoms. The van der Waals surface area contributed by atoms with E-state index in [2.05, 4.69) is 23.3 Å². The third-order valence-electron chi connectivity index (χ3n) is 3.30. The Bertz CT molecular complexity index is 784. The van der Waals surface area contributed by atoms with Crippen LogP contribution in [0.3, 0.4) is 0 Å². The number of benzene rings is 1. The highest BCUT2D eigenvalue weighted by Crippen LogP contribution is 2.24. The van der Waals surface area contributed by atoms with E-state index in [0.29, 0.717) is 10.9 Å². The lowest BCUT2D eigenvalue weighted by Gasteiger charge is -2.13. The molecule has 2 N–H and O–H groups in total. The van der Waals surface area contributed by atoms with Gasteiger partial charge in [-0.05, 0) is 42.6 Å². The molecule has 0 saturated carbocycles. The molecule has 0 aliphatic carbocycles. The lowest BCUT2D eigenvalue weighted by molar-refractivity contribution is 0.0699. The van der Waals surface area contributed by atoms with Crippen LogP contribution in [0.4, 0.5) is 5.82 Å². The molecule has 1 aromatic carbocycles. The first kappa shape index (κ1) is 13.6. The van der Waals surface area contributed by atoms with Crippen molar-refractivity contribution < 1.29 is 9.90 Å². The Morgan fingerprint density at radius 1 is 1.24 bits per heavy atom. The first-order chi connectivity index (χ1) is 10.1. The van der Waals surface area contributed by atoms with Gasteiger partial charge >= 0.3 is 5.97 Å². The van der Waals surface area contributed by atoms with Crippen LogP contribution in [-0.2, 0) is 0 Å². The molecule has 1 atom stereocenters. The molecular formula is C16H14N2O2S. The summed E-state index contributed by atoms with van der Waals surface area (Å²) in [7, 11) is 0. The van der Waals surface area contributed by atoms with Gasteiger partial charge in [-0.2, -0.15) is 0 Å². The Balaban J connectivity index is 1.93. The number of aromatic nitrogens is 1. The van der Waals surface area contributed by atoms with Crippen molar-refractivity contribution >= 4 is 34.0 Å². The molecule has 106 valence electrons. The van der Waals surface area contributed by atoms with E-state index in [4.69, 9.17) is 0 Å². The number of hydrogen-bond donors (Lipinski definition) is 2. The second-order valence-electron chi connectivity index (χ2n) is 4.76. The quantitative estimate of drug-likeness (QED) is 0.759. The molecule has 0 saturated heterocycles. The third-order valence-corrected chi connectivity index (χ3v) is 4.35. The molecule has 0 aliphatic heterocycles. The van der Waals surface area contributed by atoms with Gasteiger partial charge in [0, 0.05) is 10.3 Å². The molecular weight excluding hydrogens is 284 g/mol. The maximum Gasteiger partial charge on any atom is 0.336 e. The van der Waals surface area contributed by atoms with E-state index in [1.54, 1.807) is 29.5 Å². The molecule has 5 heteroatoms. The largest absolute Gasteiger partial charge is 0.478 e. The van der Waals surface area contributed by atoms with E-state index in [1.807, 2.05) is 23.6 Å². The predicted molar refractivity (Wildman–Crippen MR) is 85.1 cm³/mol. The van der Waals surface area contributed by atoms with Crippen LogP contribution in [0.1, 0.15) is 28.2 Å². The third kappa shape index (κ3) is 2.73. The number of carboxylic acid groups (broad SMARTS) is 1. The first-order valence-corrected chi connectivity index (χ1v) is 7.46. The number of hydrogen-bond acceptors (Lipinski definition) is 4. The fraction of sp³-hybridized carbons (Fsp3) is 0.125. The van der Waals surface area contributed by atoms with Gasteiger partial charge in [-0.1, -0.05) is 12.1 Å². The monoisotopic (exact) mass is 298 g/mol. The zero-order chi connectivity index (χ0) is 14.8. The average molecular weight is 298 g/mol. The van der Waals surface area contributed by atoms with E-state index < -0.39 is 5.97 Å². The Morgan fingerprint density at radius 3 is 2.81 bits per heavy atom. The minimum Gasteiger partial charge on any atom is -0.478 e. The number of thiophene rings is 1. The minimum atomic E-state index is -0.935. The molecule has 2 aromatic heterocycles. The Hall–Kier alpha value is -2.40. The van der Waals surface area contributed by atoms with Gasteiger partial charge in [-0.3, -0.25) is 0 Å². The van der Waals surface area contributed by atoms with Gasteiger partial charge in [0.1, 0.15) is 5.82 Å². The smallest absolute Gasteiger partial charge is 0.336 e. The number of pyridine rings is 1. The van der Waals surface area contributed by atoms with E-state index >= 15 is 0 Å². The van der Waals surface area contributed by atoms with Gasteiger partial charge in [-0.15, -0.1) is 11.3 Å². The van der Waals surface area contributed by atoms with Crippen LogP contribution < -0.4 is 5.32 Å². The van der Waals surface area contributed by atoms with Crippen molar-refractivity contribution in [3.63, 3.8) is 0 Å². The van der Waals surface area contributed by atoms with Crippen molar-refractivity contribution in [3.05, 3.63) is 58.3 Å². The van der Waals surface area contributed by atoms with Crippen molar-refractivity contribution in [2.75, 3.05) is 5.32 Å². The van der Waals surface area contributed by atoms with Gasteiger partial charge in [0.05, 0.1) is 17.1 Å². The zero-order valence-corrected chi connectivity index (χ0v) is 12.2. The fourth-order valence-corrected chi connectivity index (χ4v) is 2.99. The highest BCUT2D eigenvalue weighted by Gasteiger charge is 2.11. The summed E-state index contributed by atoms with van der Waals surface area (Å²) in [4.78, 5) is 16.9. The van der Waals surface area contributed by atoms with Gasteiger partial charge < -0.3 is 10.4 Å². The second-order valence-corrected chi connectivity index (χ2v) is 5.73. The molecule has 1 unspecified atom stereocenters. The Morgan fingerprint density at radius 2 is 2.10 bits per heavy atom. The average Bonchev–Trinajstić information content (AvgIpc) is 3.00. The standard InChI is InChI=1S/C16H14N2O2S/c1-10(14-6-3-9-21-14)17-15-8-7-11-12(16(19)20)4-2-5-13(11)18-15/h2-10H,1H3,(H,17,18)(H,19,20). The summed E-state index contributed by atoms with van der Waals surface area (Å²) in [5.41, 5.74) is 0.955. The number of rotatable bonds is 4. The minimum absolute atomic E-state index is 0.164.